The first-order chi connectivity index (χ1) is 12.5. The Balaban J connectivity index is 1.56. The number of hydrogen-bond donors (Lipinski definition) is 0. The lowest BCUT2D eigenvalue weighted by atomic mass is 10.1. The van der Waals surface area contributed by atoms with Crippen LogP contribution in [-0.2, 0) is 0 Å². The van der Waals surface area contributed by atoms with Crippen molar-refractivity contribution in [2.45, 2.75) is 30.4 Å². The number of benzene rings is 1. The summed E-state index contributed by atoms with van der Waals surface area (Å²) in [6.07, 6.45) is 1.93. The first-order valence-corrected chi connectivity index (χ1v) is 10.2. The molecular weight excluding hydrogens is 364 g/mol. The Hall–Kier alpha value is -2.05. The van der Waals surface area contributed by atoms with Gasteiger partial charge < -0.3 is 9.47 Å². The number of ether oxygens (including phenoxy) is 2. The van der Waals surface area contributed by atoms with Crippen LogP contribution in [0.3, 0.4) is 0 Å². The van der Waals surface area contributed by atoms with Crippen molar-refractivity contribution >= 4 is 23.1 Å². The van der Waals surface area contributed by atoms with Crippen LogP contribution in [0.1, 0.15) is 20.8 Å². The van der Waals surface area contributed by atoms with Crippen molar-refractivity contribution in [1.82, 2.24) is 9.97 Å². The summed E-state index contributed by atoms with van der Waals surface area (Å²) in [5.74, 6) is 1.58. The fourth-order valence-corrected chi connectivity index (χ4v) is 4.40. The molecule has 1 aliphatic rings. The van der Waals surface area contributed by atoms with Gasteiger partial charge in [-0.1, -0.05) is 20.8 Å². The van der Waals surface area contributed by atoms with Crippen molar-refractivity contribution in [3.8, 4) is 33.5 Å². The highest BCUT2D eigenvalue weighted by molar-refractivity contribution is 8.00. The van der Waals surface area contributed by atoms with E-state index in [2.05, 4.69) is 37.2 Å². The lowest BCUT2D eigenvalue weighted by molar-refractivity contribution is 0.171. The molecule has 4 rings (SSSR count). The largest absolute Gasteiger partial charge is 0.486 e. The maximum Gasteiger partial charge on any atom is 0.162 e. The van der Waals surface area contributed by atoms with E-state index in [0.29, 0.717) is 13.2 Å². The summed E-state index contributed by atoms with van der Waals surface area (Å²) in [7, 11) is 0. The molecule has 3 aromatic rings. The van der Waals surface area contributed by atoms with Gasteiger partial charge >= 0.3 is 0 Å². The van der Waals surface area contributed by atoms with E-state index in [4.69, 9.17) is 14.5 Å². The topological polar surface area (TPSA) is 44.2 Å². The van der Waals surface area contributed by atoms with E-state index in [1.54, 1.807) is 11.3 Å². The lowest BCUT2D eigenvalue weighted by Crippen LogP contribution is -2.15. The van der Waals surface area contributed by atoms with Crippen molar-refractivity contribution in [3.05, 3.63) is 41.9 Å². The molecule has 0 radical (unpaired) electrons. The van der Waals surface area contributed by atoms with Crippen LogP contribution in [-0.4, -0.2) is 27.9 Å². The van der Waals surface area contributed by atoms with E-state index in [9.17, 15) is 0 Å². The predicted octanol–water partition coefficient (Wildman–Crippen LogP) is 5.53. The molecule has 0 aliphatic carbocycles. The van der Waals surface area contributed by atoms with Crippen LogP contribution in [0, 0.1) is 0 Å². The molecule has 0 fully saturated rings. The average molecular weight is 385 g/mol. The van der Waals surface area contributed by atoms with E-state index < -0.39 is 0 Å². The van der Waals surface area contributed by atoms with Gasteiger partial charge in [-0.15, -0.1) is 23.1 Å². The van der Waals surface area contributed by atoms with Gasteiger partial charge in [0.1, 0.15) is 18.2 Å². The molecule has 0 unspecified atom stereocenters. The van der Waals surface area contributed by atoms with Gasteiger partial charge in [0.2, 0.25) is 0 Å². The van der Waals surface area contributed by atoms with Crippen LogP contribution >= 0.6 is 23.1 Å². The maximum absolute atomic E-state index is 5.67. The number of nitrogens with zero attached hydrogens (tertiary/aromatic N) is 2. The number of fused-ring (bicyclic) bond motifs is 1. The van der Waals surface area contributed by atoms with E-state index in [1.165, 1.54) is 4.90 Å². The van der Waals surface area contributed by atoms with E-state index in [0.717, 1.165) is 33.5 Å². The predicted molar refractivity (Wildman–Crippen MR) is 107 cm³/mol. The molecule has 0 saturated heterocycles. The third-order valence-electron chi connectivity index (χ3n) is 3.72. The Kier molecular flexibility index (Phi) is 4.63. The van der Waals surface area contributed by atoms with E-state index in [1.807, 2.05) is 42.2 Å². The average Bonchev–Trinajstić information content (AvgIpc) is 3.11. The Morgan fingerprint density at radius 3 is 2.54 bits per heavy atom. The number of hydrogen-bond acceptors (Lipinski definition) is 6. The fourth-order valence-electron chi connectivity index (χ4n) is 2.65. The summed E-state index contributed by atoms with van der Waals surface area (Å²) in [5, 5.41) is 2.97. The first kappa shape index (κ1) is 17.4. The van der Waals surface area contributed by atoms with Crippen molar-refractivity contribution in [2.24, 2.45) is 0 Å². The second kappa shape index (κ2) is 6.93. The summed E-state index contributed by atoms with van der Waals surface area (Å²) >= 11 is 3.42. The van der Waals surface area contributed by atoms with E-state index >= 15 is 0 Å². The molecule has 1 aliphatic heterocycles. The fraction of sp³-hybridized carbons (Fsp3) is 0.300. The Morgan fingerprint density at radius 1 is 1.00 bits per heavy atom. The molecule has 4 nitrogen and oxygen atoms in total. The van der Waals surface area contributed by atoms with Gasteiger partial charge in [0.05, 0.1) is 11.4 Å². The smallest absolute Gasteiger partial charge is 0.162 e. The maximum atomic E-state index is 5.67. The van der Waals surface area contributed by atoms with Crippen LogP contribution < -0.4 is 9.47 Å². The molecule has 2 aromatic heterocycles. The highest BCUT2D eigenvalue weighted by Gasteiger charge is 2.15. The summed E-state index contributed by atoms with van der Waals surface area (Å²) in [6.45, 7) is 7.79. The van der Waals surface area contributed by atoms with Gasteiger partial charge in [-0.3, -0.25) is 4.98 Å². The lowest BCUT2D eigenvalue weighted by Gasteiger charge is -2.18. The molecule has 0 amide bonds. The summed E-state index contributed by atoms with van der Waals surface area (Å²) in [4.78, 5) is 10.5. The van der Waals surface area contributed by atoms with Crippen molar-refractivity contribution < 1.29 is 9.47 Å². The van der Waals surface area contributed by atoms with Crippen molar-refractivity contribution in [1.29, 1.82) is 0 Å². The Labute approximate surface area is 161 Å². The number of thiazole rings is 1. The third kappa shape index (κ3) is 3.86. The number of thioether (sulfide) groups is 1. The van der Waals surface area contributed by atoms with Crippen LogP contribution in [0.4, 0.5) is 0 Å². The highest BCUT2D eigenvalue weighted by atomic mass is 32.2. The zero-order valence-electron chi connectivity index (χ0n) is 15.0. The van der Waals surface area contributed by atoms with Gasteiger partial charge in [0.15, 0.2) is 11.5 Å². The number of aromatic nitrogens is 2. The van der Waals surface area contributed by atoms with Gasteiger partial charge in [0, 0.05) is 26.8 Å². The molecule has 0 N–H and O–H groups in total. The minimum absolute atomic E-state index is 0.176. The zero-order valence-corrected chi connectivity index (χ0v) is 16.6. The van der Waals surface area contributed by atoms with Gasteiger partial charge in [-0.05, 0) is 30.3 Å². The van der Waals surface area contributed by atoms with E-state index in [-0.39, 0.29) is 4.75 Å². The standard InChI is InChI=1S/C20H20N2O2S2/c1-20(2,3)26-14-5-6-15(21-11-14)19-22-16(12-25-19)13-4-7-17-18(10-13)24-9-8-23-17/h4-7,10-12H,8-9H2,1-3H3. The summed E-state index contributed by atoms with van der Waals surface area (Å²) in [6, 6.07) is 10.1. The highest BCUT2D eigenvalue weighted by Crippen LogP contribution is 2.36. The Morgan fingerprint density at radius 2 is 1.81 bits per heavy atom. The van der Waals surface area contributed by atoms with Gasteiger partial charge in [0.25, 0.3) is 0 Å². The second-order valence-corrected chi connectivity index (χ2v) is 9.75. The van der Waals surface area contributed by atoms with Gasteiger partial charge in [-0.25, -0.2) is 4.98 Å². The summed E-state index contributed by atoms with van der Waals surface area (Å²) < 4.78 is 11.4. The monoisotopic (exact) mass is 384 g/mol. The van der Waals surface area contributed by atoms with Crippen LogP contribution in [0.25, 0.3) is 22.0 Å². The molecule has 0 spiro atoms. The van der Waals surface area contributed by atoms with Crippen molar-refractivity contribution in [3.63, 3.8) is 0 Å². The molecule has 0 saturated carbocycles. The molecule has 1 aromatic carbocycles. The third-order valence-corrected chi connectivity index (χ3v) is 5.68. The summed E-state index contributed by atoms with van der Waals surface area (Å²) in [5.41, 5.74) is 2.85. The minimum atomic E-state index is 0.176. The molecule has 0 atom stereocenters. The van der Waals surface area contributed by atoms with Crippen LogP contribution in [0.5, 0.6) is 11.5 Å². The second-order valence-electron chi connectivity index (χ2n) is 6.99. The van der Waals surface area contributed by atoms with Gasteiger partial charge in [-0.2, -0.15) is 0 Å². The minimum Gasteiger partial charge on any atom is -0.486 e. The quantitative estimate of drug-likeness (QED) is 0.555. The molecule has 134 valence electrons. The SMILES string of the molecule is CC(C)(C)Sc1ccc(-c2nc(-c3ccc4c(c3)OCCO4)cs2)nc1. The Bertz CT molecular complexity index is 914. The molecule has 0 bridgehead atoms. The van der Waals surface area contributed by atoms with Crippen LogP contribution in [0.15, 0.2) is 46.8 Å². The number of pyridine rings is 1. The molecular formula is C20H20N2O2S2. The van der Waals surface area contributed by atoms with Crippen molar-refractivity contribution in [2.75, 3.05) is 13.2 Å². The number of rotatable bonds is 3. The first-order valence-electron chi connectivity index (χ1n) is 8.49. The zero-order chi connectivity index (χ0) is 18.1. The normalized spacial score (nSPS) is 13.7. The molecule has 3 heterocycles. The molecule has 26 heavy (non-hydrogen) atoms. The van der Waals surface area contributed by atoms with Crippen LogP contribution in [0.2, 0.25) is 0 Å². The molecule has 6 heteroatoms.